The van der Waals surface area contributed by atoms with Crippen LogP contribution in [0.5, 0.6) is 0 Å². The minimum Gasteiger partial charge on any atom is -0.436 e. The molecule has 0 saturated carbocycles. The van der Waals surface area contributed by atoms with E-state index >= 15 is 0 Å². The number of para-hydroxylation sites is 1. The van der Waals surface area contributed by atoms with Crippen molar-refractivity contribution in [2.45, 2.75) is 6.92 Å². The number of aryl methyl sites for hydroxylation is 1. The Balaban J connectivity index is 1.49. The third-order valence-electron chi connectivity index (χ3n) is 4.52. The summed E-state index contributed by atoms with van der Waals surface area (Å²) < 4.78 is 5.81. The average Bonchev–Trinajstić information content (AvgIpc) is 3.17. The Labute approximate surface area is 182 Å². The fourth-order valence-corrected chi connectivity index (χ4v) is 3.19. The maximum Gasteiger partial charge on any atom is 0.282 e. The van der Waals surface area contributed by atoms with Crippen molar-refractivity contribution in [3.63, 3.8) is 0 Å². The van der Waals surface area contributed by atoms with Crippen LogP contribution in [0.4, 0.5) is 11.4 Å². The van der Waals surface area contributed by atoms with E-state index in [0.29, 0.717) is 22.7 Å². The summed E-state index contributed by atoms with van der Waals surface area (Å²) in [4.78, 5) is 27.4. The van der Waals surface area contributed by atoms with Gasteiger partial charge in [-0.15, -0.1) is 0 Å². The second-order valence-electron chi connectivity index (χ2n) is 6.75. The van der Waals surface area contributed by atoms with Gasteiger partial charge in [-0.25, -0.2) is 4.98 Å². The molecule has 0 bridgehead atoms. The van der Waals surface area contributed by atoms with Crippen LogP contribution in [0.15, 0.2) is 71.1 Å². The highest BCUT2D eigenvalue weighted by Crippen LogP contribution is 2.26. The molecule has 0 aliphatic carbocycles. The molecule has 0 radical (unpaired) electrons. The van der Waals surface area contributed by atoms with E-state index in [9.17, 15) is 14.9 Å². The maximum atomic E-state index is 12.4. The number of nitrogens with one attached hydrogen (secondary N) is 2. The zero-order chi connectivity index (χ0) is 22.0. The molecule has 4 aromatic rings. The van der Waals surface area contributed by atoms with Gasteiger partial charge in [0.05, 0.1) is 4.92 Å². The molecule has 0 aliphatic heterocycles. The van der Waals surface area contributed by atoms with Gasteiger partial charge in [0.25, 0.3) is 11.6 Å². The van der Waals surface area contributed by atoms with E-state index in [1.165, 1.54) is 18.2 Å². The molecule has 8 nitrogen and oxygen atoms in total. The van der Waals surface area contributed by atoms with Crippen LogP contribution in [-0.2, 0) is 0 Å². The van der Waals surface area contributed by atoms with Gasteiger partial charge in [-0.05, 0) is 55.5 Å². The molecular weight excluding hydrogens is 416 g/mol. The third kappa shape index (κ3) is 4.41. The van der Waals surface area contributed by atoms with Crippen LogP contribution in [0, 0.1) is 17.0 Å². The molecule has 1 heterocycles. The van der Waals surface area contributed by atoms with Crippen LogP contribution in [0.3, 0.4) is 0 Å². The van der Waals surface area contributed by atoms with E-state index in [0.717, 1.165) is 11.1 Å². The van der Waals surface area contributed by atoms with Crippen molar-refractivity contribution in [2.75, 3.05) is 5.32 Å². The van der Waals surface area contributed by atoms with Crippen LogP contribution < -0.4 is 10.6 Å². The number of fused-ring (bicyclic) bond motifs is 1. The molecule has 0 spiro atoms. The smallest absolute Gasteiger partial charge is 0.282 e. The predicted molar refractivity (Wildman–Crippen MR) is 121 cm³/mol. The quantitative estimate of drug-likeness (QED) is 0.270. The lowest BCUT2D eigenvalue weighted by Gasteiger charge is -2.09. The summed E-state index contributed by atoms with van der Waals surface area (Å²) >= 11 is 5.18. The zero-order valence-corrected chi connectivity index (χ0v) is 17.1. The Morgan fingerprint density at radius 1 is 1.10 bits per heavy atom. The summed E-state index contributed by atoms with van der Waals surface area (Å²) in [7, 11) is 0. The number of hydrogen-bond acceptors (Lipinski definition) is 6. The minimum absolute atomic E-state index is 0.00440. The molecule has 3 aromatic carbocycles. The number of aromatic nitrogens is 1. The van der Waals surface area contributed by atoms with Crippen LogP contribution in [0.2, 0.25) is 0 Å². The Kier molecular flexibility index (Phi) is 5.42. The summed E-state index contributed by atoms with van der Waals surface area (Å²) in [5.41, 5.74) is 3.45. The maximum absolute atomic E-state index is 12.4. The van der Waals surface area contributed by atoms with Gasteiger partial charge < -0.3 is 9.73 Å². The SMILES string of the molecule is Cc1ccc(-c2nc3cc(NC(=S)NC(=O)c4ccccc4[N+](=O)[O-])ccc3o2)cc1. The van der Waals surface area contributed by atoms with Gasteiger partial charge in [0.1, 0.15) is 11.1 Å². The van der Waals surface area contributed by atoms with E-state index in [2.05, 4.69) is 15.6 Å². The summed E-state index contributed by atoms with van der Waals surface area (Å²) in [5, 5.41) is 16.5. The number of anilines is 1. The first kappa shape index (κ1) is 20.2. The number of nitro benzene ring substituents is 1. The molecule has 1 amide bonds. The van der Waals surface area contributed by atoms with Crippen molar-refractivity contribution in [1.29, 1.82) is 0 Å². The average molecular weight is 432 g/mol. The van der Waals surface area contributed by atoms with Crippen LogP contribution in [-0.4, -0.2) is 20.9 Å². The van der Waals surface area contributed by atoms with Crippen molar-refractivity contribution < 1.29 is 14.1 Å². The molecule has 2 N–H and O–H groups in total. The van der Waals surface area contributed by atoms with Gasteiger partial charge in [0.2, 0.25) is 5.89 Å². The number of carbonyl (C=O) groups excluding carboxylic acids is 1. The molecule has 0 saturated heterocycles. The normalized spacial score (nSPS) is 10.6. The van der Waals surface area contributed by atoms with Crippen molar-refractivity contribution >= 4 is 45.7 Å². The Bertz CT molecular complexity index is 1310. The summed E-state index contributed by atoms with van der Waals surface area (Å²) in [5.74, 6) is -0.173. The summed E-state index contributed by atoms with van der Waals surface area (Å²) in [6, 6.07) is 18.7. The molecule has 0 atom stereocenters. The highest BCUT2D eigenvalue weighted by molar-refractivity contribution is 7.80. The first-order chi connectivity index (χ1) is 14.9. The van der Waals surface area contributed by atoms with Gasteiger partial charge in [-0.1, -0.05) is 29.8 Å². The summed E-state index contributed by atoms with van der Waals surface area (Å²) in [6.45, 7) is 2.01. The molecule has 154 valence electrons. The van der Waals surface area contributed by atoms with E-state index in [-0.39, 0.29) is 16.4 Å². The fourth-order valence-electron chi connectivity index (χ4n) is 2.98. The number of nitrogens with zero attached hydrogens (tertiary/aromatic N) is 2. The zero-order valence-electron chi connectivity index (χ0n) is 16.3. The van der Waals surface area contributed by atoms with Crippen LogP contribution >= 0.6 is 12.2 Å². The number of oxazole rings is 1. The highest BCUT2D eigenvalue weighted by atomic mass is 32.1. The minimum atomic E-state index is -0.672. The third-order valence-corrected chi connectivity index (χ3v) is 4.72. The van der Waals surface area contributed by atoms with Crippen LogP contribution in [0.25, 0.3) is 22.6 Å². The lowest BCUT2D eigenvalue weighted by molar-refractivity contribution is -0.385. The topological polar surface area (TPSA) is 110 Å². The largest absolute Gasteiger partial charge is 0.436 e. The monoisotopic (exact) mass is 432 g/mol. The van der Waals surface area contributed by atoms with E-state index < -0.39 is 10.8 Å². The lowest BCUT2D eigenvalue weighted by Crippen LogP contribution is -2.34. The van der Waals surface area contributed by atoms with Gasteiger partial charge in [-0.2, -0.15) is 0 Å². The highest BCUT2D eigenvalue weighted by Gasteiger charge is 2.20. The number of carbonyl (C=O) groups is 1. The molecule has 31 heavy (non-hydrogen) atoms. The van der Waals surface area contributed by atoms with Crippen molar-refractivity contribution in [3.05, 3.63) is 88.0 Å². The van der Waals surface area contributed by atoms with Gasteiger partial charge in [0, 0.05) is 17.3 Å². The van der Waals surface area contributed by atoms with Crippen molar-refractivity contribution in [3.8, 4) is 11.5 Å². The molecule has 9 heteroatoms. The number of amides is 1. The number of benzene rings is 3. The number of nitro groups is 1. The Morgan fingerprint density at radius 2 is 1.84 bits per heavy atom. The number of thiocarbonyl (C=S) groups is 1. The number of hydrogen-bond donors (Lipinski definition) is 2. The number of rotatable bonds is 4. The molecule has 0 aliphatic rings. The Morgan fingerprint density at radius 3 is 2.58 bits per heavy atom. The van der Waals surface area contributed by atoms with Gasteiger partial charge in [-0.3, -0.25) is 20.2 Å². The van der Waals surface area contributed by atoms with E-state index in [1.54, 1.807) is 24.3 Å². The standard InChI is InChI=1S/C22H16N4O4S/c1-13-6-8-14(9-7-13)21-24-17-12-15(10-11-19(17)30-21)23-22(31)25-20(27)16-4-2-3-5-18(16)26(28)29/h2-12H,1H3,(H2,23,25,27,31). The molecular formula is C22H16N4O4S. The second kappa shape index (κ2) is 8.33. The van der Waals surface area contributed by atoms with E-state index in [4.69, 9.17) is 16.6 Å². The van der Waals surface area contributed by atoms with Gasteiger partial charge >= 0.3 is 0 Å². The fraction of sp³-hybridized carbons (Fsp3) is 0.0455. The second-order valence-corrected chi connectivity index (χ2v) is 7.16. The van der Waals surface area contributed by atoms with Crippen LogP contribution in [0.1, 0.15) is 15.9 Å². The van der Waals surface area contributed by atoms with Crippen molar-refractivity contribution in [2.24, 2.45) is 0 Å². The molecule has 4 rings (SSSR count). The summed E-state index contributed by atoms with van der Waals surface area (Å²) in [6.07, 6.45) is 0. The van der Waals surface area contributed by atoms with Crippen molar-refractivity contribution in [1.82, 2.24) is 10.3 Å². The first-order valence-electron chi connectivity index (χ1n) is 9.24. The molecule has 0 fully saturated rings. The van der Waals surface area contributed by atoms with E-state index in [1.807, 2.05) is 31.2 Å². The molecule has 1 aromatic heterocycles. The van der Waals surface area contributed by atoms with Gasteiger partial charge in [0.15, 0.2) is 10.7 Å². The lowest BCUT2D eigenvalue weighted by atomic mass is 10.1. The first-order valence-corrected chi connectivity index (χ1v) is 9.65. The predicted octanol–water partition coefficient (Wildman–Crippen LogP) is 4.84. The molecule has 0 unspecified atom stereocenters. The Hall–Kier alpha value is -4.11.